The summed E-state index contributed by atoms with van der Waals surface area (Å²) in [5.74, 6) is -0.710. The molecule has 0 aliphatic carbocycles. The number of aromatic hydroxyl groups is 1. The molecule has 3 rings (SSSR count). The predicted molar refractivity (Wildman–Crippen MR) is 148 cm³/mol. The number of hydrogen-bond donors (Lipinski definition) is 2. The van der Waals surface area contributed by atoms with Crippen molar-refractivity contribution >= 4 is 17.4 Å². The van der Waals surface area contributed by atoms with Gasteiger partial charge in [-0.3, -0.25) is 9.59 Å². The molecule has 1 fully saturated rings. The molecule has 2 aromatic carbocycles. The van der Waals surface area contributed by atoms with Gasteiger partial charge in [0.1, 0.15) is 11.5 Å². The highest BCUT2D eigenvalue weighted by Crippen LogP contribution is 2.42. The Morgan fingerprint density at radius 3 is 2.37 bits per heavy atom. The number of amides is 1. The van der Waals surface area contributed by atoms with Crippen molar-refractivity contribution < 1.29 is 29.3 Å². The molecule has 1 heterocycles. The predicted octanol–water partition coefficient (Wildman–Crippen LogP) is 5.04. The second-order valence-electron chi connectivity index (χ2n) is 9.36. The standard InChI is InChI=1S/C30H40N2O6/c1-6-10-17-38-24-14-12-22(18-20(24)5)28(34)26-27(21-11-13-23(33)25(19-21)37-9-4)32(30(36)29(26)35)16-15-31(7-2)8-3/h11-14,18-19,27,33-34H,6-10,15-17H2,1-5H3/b28-26+/t27-/m0/s1. The summed E-state index contributed by atoms with van der Waals surface area (Å²) in [5, 5.41) is 21.7. The SMILES string of the molecule is CCCCOc1ccc(/C(O)=C2\C(=O)C(=O)N(CCN(CC)CC)[C@H]2c2ccc(O)c(OCC)c2)cc1C. The van der Waals surface area contributed by atoms with Crippen LogP contribution in [0, 0.1) is 6.92 Å². The molecule has 2 N–H and O–H groups in total. The molecule has 1 atom stereocenters. The molecule has 0 unspecified atom stereocenters. The first-order chi connectivity index (χ1) is 18.3. The topological polar surface area (TPSA) is 99.5 Å². The molecule has 0 bridgehead atoms. The first kappa shape index (κ1) is 29.0. The second kappa shape index (κ2) is 13.3. The summed E-state index contributed by atoms with van der Waals surface area (Å²) in [6.45, 7) is 13.3. The zero-order valence-corrected chi connectivity index (χ0v) is 23.1. The maximum atomic E-state index is 13.4. The molecule has 0 aromatic heterocycles. The number of carbonyl (C=O) groups excluding carboxylic acids is 2. The molecule has 2 aromatic rings. The number of likely N-dealkylation sites (tertiary alicyclic amines) is 1. The third-order valence-electron chi connectivity index (χ3n) is 6.89. The van der Waals surface area contributed by atoms with Crippen molar-refractivity contribution in [1.29, 1.82) is 0 Å². The summed E-state index contributed by atoms with van der Waals surface area (Å²) >= 11 is 0. The van der Waals surface area contributed by atoms with Crippen LogP contribution in [-0.4, -0.2) is 71.1 Å². The minimum Gasteiger partial charge on any atom is -0.507 e. The number of rotatable bonds is 13. The number of ketones is 1. The molecule has 1 aliphatic heterocycles. The van der Waals surface area contributed by atoms with Crippen LogP contribution in [0.3, 0.4) is 0 Å². The van der Waals surface area contributed by atoms with Crippen LogP contribution < -0.4 is 9.47 Å². The van der Waals surface area contributed by atoms with Crippen molar-refractivity contribution in [2.24, 2.45) is 0 Å². The van der Waals surface area contributed by atoms with E-state index in [1.807, 2.05) is 20.8 Å². The second-order valence-corrected chi connectivity index (χ2v) is 9.36. The van der Waals surface area contributed by atoms with Gasteiger partial charge < -0.3 is 29.5 Å². The van der Waals surface area contributed by atoms with Crippen LogP contribution in [0.4, 0.5) is 0 Å². The van der Waals surface area contributed by atoms with Crippen LogP contribution in [0.25, 0.3) is 5.76 Å². The number of aliphatic hydroxyl groups is 1. The van der Waals surface area contributed by atoms with E-state index >= 15 is 0 Å². The van der Waals surface area contributed by atoms with Crippen molar-refractivity contribution in [3.8, 4) is 17.2 Å². The van der Waals surface area contributed by atoms with Gasteiger partial charge in [-0.2, -0.15) is 0 Å². The van der Waals surface area contributed by atoms with Crippen LogP contribution in [-0.2, 0) is 9.59 Å². The van der Waals surface area contributed by atoms with E-state index in [1.165, 1.54) is 11.0 Å². The summed E-state index contributed by atoms with van der Waals surface area (Å²) < 4.78 is 11.4. The molecule has 0 spiro atoms. The van der Waals surface area contributed by atoms with Crippen LogP contribution >= 0.6 is 0 Å². The largest absolute Gasteiger partial charge is 0.507 e. The van der Waals surface area contributed by atoms with Gasteiger partial charge >= 0.3 is 0 Å². The van der Waals surface area contributed by atoms with Gasteiger partial charge in [0, 0.05) is 18.7 Å². The highest BCUT2D eigenvalue weighted by atomic mass is 16.5. The van der Waals surface area contributed by atoms with Gasteiger partial charge in [-0.15, -0.1) is 0 Å². The summed E-state index contributed by atoms with van der Waals surface area (Å²) in [7, 11) is 0. The van der Waals surface area contributed by atoms with Crippen LogP contribution in [0.15, 0.2) is 42.0 Å². The molecule has 0 saturated carbocycles. The summed E-state index contributed by atoms with van der Waals surface area (Å²) in [6, 6.07) is 9.18. The minimum absolute atomic E-state index is 0.0155. The van der Waals surface area contributed by atoms with E-state index in [4.69, 9.17) is 9.47 Å². The van der Waals surface area contributed by atoms with Gasteiger partial charge in [-0.25, -0.2) is 0 Å². The maximum absolute atomic E-state index is 13.4. The molecule has 1 aliphatic rings. The normalized spacial score (nSPS) is 16.9. The highest BCUT2D eigenvalue weighted by molar-refractivity contribution is 6.46. The smallest absolute Gasteiger partial charge is 0.295 e. The number of phenolic OH excluding ortho intramolecular Hbond substituents is 1. The van der Waals surface area contributed by atoms with Crippen LogP contribution in [0.2, 0.25) is 0 Å². The lowest BCUT2D eigenvalue weighted by atomic mass is 9.94. The number of nitrogens with zero attached hydrogens (tertiary/aromatic N) is 2. The minimum atomic E-state index is -0.828. The average Bonchev–Trinajstić information content (AvgIpc) is 3.16. The van der Waals surface area contributed by atoms with Gasteiger partial charge in [0.2, 0.25) is 0 Å². The molecule has 8 heteroatoms. The number of Topliss-reactive ketones (excluding diaryl/α,β-unsaturated/α-hetero) is 1. The number of likely N-dealkylation sites (N-methyl/N-ethyl adjacent to an activating group) is 1. The number of aliphatic hydroxyl groups excluding tert-OH is 1. The molecular formula is C30H40N2O6. The number of unbranched alkanes of at least 4 members (excludes halogenated alkanes) is 1. The van der Waals surface area contributed by atoms with E-state index in [-0.39, 0.29) is 22.8 Å². The van der Waals surface area contributed by atoms with Gasteiger partial charge in [-0.05, 0) is 74.8 Å². The van der Waals surface area contributed by atoms with Crippen molar-refractivity contribution in [1.82, 2.24) is 9.80 Å². The summed E-state index contributed by atoms with van der Waals surface area (Å²) in [6.07, 6.45) is 1.96. The van der Waals surface area contributed by atoms with E-state index < -0.39 is 17.7 Å². The summed E-state index contributed by atoms with van der Waals surface area (Å²) in [5.41, 5.74) is 1.84. The fourth-order valence-electron chi connectivity index (χ4n) is 4.66. The lowest BCUT2D eigenvalue weighted by Gasteiger charge is -2.28. The fraction of sp³-hybridized carbons (Fsp3) is 0.467. The van der Waals surface area contributed by atoms with Gasteiger partial charge in [-0.1, -0.05) is 33.3 Å². The monoisotopic (exact) mass is 524 g/mol. The van der Waals surface area contributed by atoms with E-state index in [0.29, 0.717) is 43.2 Å². The third kappa shape index (κ3) is 6.30. The number of carbonyl (C=O) groups is 2. The zero-order valence-electron chi connectivity index (χ0n) is 23.1. The Hall–Kier alpha value is -3.52. The Morgan fingerprint density at radius 1 is 1.00 bits per heavy atom. The lowest BCUT2D eigenvalue weighted by Crippen LogP contribution is -2.38. The van der Waals surface area contributed by atoms with Crippen molar-refractivity contribution in [3.63, 3.8) is 0 Å². The quantitative estimate of drug-likeness (QED) is 0.164. The maximum Gasteiger partial charge on any atom is 0.295 e. The number of hydrogen-bond acceptors (Lipinski definition) is 7. The van der Waals surface area contributed by atoms with Crippen LogP contribution in [0.5, 0.6) is 17.2 Å². The Morgan fingerprint density at radius 2 is 1.74 bits per heavy atom. The van der Waals surface area contributed by atoms with Crippen molar-refractivity contribution in [2.75, 3.05) is 39.4 Å². The Labute approximate surface area is 225 Å². The van der Waals surface area contributed by atoms with Gasteiger partial charge in [0.15, 0.2) is 11.5 Å². The number of ether oxygens (including phenoxy) is 2. The molecular weight excluding hydrogens is 484 g/mol. The summed E-state index contributed by atoms with van der Waals surface area (Å²) in [4.78, 5) is 30.3. The molecule has 8 nitrogen and oxygen atoms in total. The van der Waals surface area contributed by atoms with Crippen molar-refractivity contribution in [3.05, 3.63) is 58.7 Å². The van der Waals surface area contributed by atoms with Crippen LogP contribution in [0.1, 0.15) is 63.3 Å². The van der Waals surface area contributed by atoms with E-state index in [0.717, 1.165) is 31.5 Å². The zero-order chi connectivity index (χ0) is 27.8. The van der Waals surface area contributed by atoms with E-state index in [1.54, 1.807) is 37.3 Å². The van der Waals surface area contributed by atoms with Gasteiger partial charge in [0.05, 0.1) is 24.8 Å². The fourth-order valence-corrected chi connectivity index (χ4v) is 4.66. The molecule has 206 valence electrons. The first-order valence-corrected chi connectivity index (χ1v) is 13.5. The van der Waals surface area contributed by atoms with E-state index in [9.17, 15) is 19.8 Å². The first-order valence-electron chi connectivity index (χ1n) is 13.5. The number of aryl methyl sites for hydroxylation is 1. The van der Waals surface area contributed by atoms with E-state index in [2.05, 4.69) is 11.8 Å². The van der Waals surface area contributed by atoms with Gasteiger partial charge in [0.25, 0.3) is 11.7 Å². The van der Waals surface area contributed by atoms with Crippen molar-refractivity contribution in [2.45, 2.75) is 53.5 Å². The Kier molecular flexibility index (Phi) is 10.2. The number of phenols is 1. The molecule has 1 amide bonds. The Balaban J connectivity index is 2.09. The molecule has 1 saturated heterocycles. The molecule has 0 radical (unpaired) electrons. The third-order valence-corrected chi connectivity index (χ3v) is 6.89. The number of benzene rings is 2. The molecule has 38 heavy (non-hydrogen) atoms. The Bertz CT molecular complexity index is 1170. The highest BCUT2D eigenvalue weighted by Gasteiger charge is 2.46. The lowest BCUT2D eigenvalue weighted by molar-refractivity contribution is -0.140. The average molecular weight is 525 g/mol.